The first-order chi connectivity index (χ1) is 11.8. The third-order valence-electron chi connectivity index (χ3n) is 5.30. The van der Waals surface area contributed by atoms with Crippen LogP contribution in [0.5, 0.6) is 0 Å². The van der Waals surface area contributed by atoms with Crippen molar-refractivity contribution in [1.29, 1.82) is 21.2 Å². The minimum Gasteiger partial charge on any atom is -0.447 e. The van der Waals surface area contributed by atoms with E-state index in [1.807, 2.05) is 19.9 Å². The van der Waals surface area contributed by atoms with Crippen molar-refractivity contribution in [3.05, 3.63) is 35.9 Å². The summed E-state index contributed by atoms with van der Waals surface area (Å²) in [6.45, 7) is 5.33. The highest BCUT2D eigenvalue weighted by molar-refractivity contribution is 5.89. The number of nitriles is 3. The van der Waals surface area contributed by atoms with Crippen LogP contribution in [0.25, 0.3) is 0 Å². The second kappa shape index (κ2) is 5.31. The Bertz CT molecular complexity index is 831. The highest BCUT2D eigenvalue weighted by atomic mass is 16.7. The lowest BCUT2D eigenvalue weighted by atomic mass is 9.49. The zero-order valence-corrected chi connectivity index (χ0v) is 14.3. The first-order valence-electron chi connectivity index (χ1n) is 8.07. The number of nitrogens with zero attached hydrogens (tertiary/aromatic N) is 3. The predicted octanol–water partition coefficient (Wildman–Crippen LogP) is 3.09. The van der Waals surface area contributed by atoms with Crippen molar-refractivity contribution in [3.63, 3.8) is 0 Å². The SMILES string of the molecule is CC(C)[C@@H]1O[C@]2(C)OC(=N)[C@]1(C#N)C(C#N)(C#N)[C@H]2c1ccccc1. The summed E-state index contributed by atoms with van der Waals surface area (Å²) in [4.78, 5) is 0. The second-order valence-electron chi connectivity index (χ2n) is 7.02. The molecule has 0 unspecified atom stereocenters. The number of hydrogen-bond acceptors (Lipinski definition) is 6. The maximum absolute atomic E-state index is 10.1. The molecule has 0 aromatic heterocycles. The topological polar surface area (TPSA) is 114 Å². The Hall–Kier alpha value is -2.88. The van der Waals surface area contributed by atoms with Gasteiger partial charge in [-0.15, -0.1) is 0 Å². The van der Waals surface area contributed by atoms with Crippen molar-refractivity contribution in [1.82, 2.24) is 0 Å². The van der Waals surface area contributed by atoms with E-state index in [0.29, 0.717) is 5.56 Å². The van der Waals surface area contributed by atoms with Gasteiger partial charge in [0.1, 0.15) is 0 Å². The summed E-state index contributed by atoms with van der Waals surface area (Å²) in [5.74, 6) is -2.74. The van der Waals surface area contributed by atoms with E-state index in [4.69, 9.17) is 14.9 Å². The van der Waals surface area contributed by atoms with Crippen LogP contribution in [0.15, 0.2) is 30.3 Å². The lowest BCUT2D eigenvalue weighted by Gasteiger charge is -2.62. The fourth-order valence-corrected chi connectivity index (χ4v) is 4.30. The van der Waals surface area contributed by atoms with E-state index >= 15 is 0 Å². The molecular weight excluding hydrogens is 316 g/mol. The monoisotopic (exact) mass is 334 g/mol. The van der Waals surface area contributed by atoms with Crippen LogP contribution in [0.1, 0.15) is 32.3 Å². The van der Waals surface area contributed by atoms with Crippen LogP contribution in [-0.2, 0) is 9.47 Å². The maximum atomic E-state index is 10.1. The molecule has 0 spiro atoms. The van der Waals surface area contributed by atoms with Crippen molar-refractivity contribution in [2.75, 3.05) is 0 Å². The highest BCUT2D eigenvalue weighted by Crippen LogP contribution is 2.66. The van der Waals surface area contributed by atoms with Gasteiger partial charge in [0.05, 0.1) is 30.2 Å². The van der Waals surface area contributed by atoms with Gasteiger partial charge in [-0.1, -0.05) is 44.2 Å². The van der Waals surface area contributed by atoms with E-state index in [-0.39, 0.29) is 11.8 Å². The molecular formula is C19H18N4O2. The minimum atomic E-state index is -1.79. The predicted molar refractivity (Wildman–Crippen MR) is 87.8 cm³/mol. The third kappa shape index (κ3) is 1.82. The fraction of sp³-hybridized carbons (Fsp3) is 0.474. The molecule has 3 aliphatic rings. The molecule has 3 fully saturated rings. The number of fused-ring (bicyclic) bond motifs is 3. The van der Waals surface area contributed by atoms with Crippen molar-refractivity contribution < 1.29 is 9.47 Å². The van der Waals surface area contributed by atoms with Crippen LogP contribution in [0, 0.1) is 56.2 Å². The number of nitrogens with one attached hydrogen (secondary N) is 1. The summed E-state index contributed by atoms with van der Waals surface area (Å²) < 4.78 is 11.8. The largest absolute Gasteiger partial charge is 0.447 e. The van der Waals surface area contributed by atoms with Crippen LogP contribution in [0.2, 0.25) is 0 Å². The molecule has 25 heavy (non-hydrogen) atoms. The first-order valence-corrected chi connectivity index (χ1v) is 8.07. The highest BCUT2D eigenvalue weighted by Gasteiger charge is 2.79. The van der Waals surface area contributed by atoms with E-state index in [1.54, 1.807) is 31.2 Å². The second-order valence-corrected chi connectivity index (χ2v) is 7.02. The summed E-state index contributed by atoms with van der Waals surface area (Å²) in [6, 6.07) is 15.3. The summed E-state index contributed by atoms with van der Waals surface area (Å²) in [5.41, 5.74) is -2.91. The van der Waals surface area contributed by atoms with Crippen molar-refractivity contribution in [2.24, 2.45) is 16.7 Å². The Kier molecular flexibility index (Phi) is 3.60. The van der Waals surface area contributed by atoms with E-state index in [2.05, 4.69) is 18.2 Å². The maximum Gasteiger partial charge on any atom is 0.219 e. The Balaban J connectivity index is 2.38. The van der Waals surface area contributed by atoms with Crippen molar-refractivity contribution >= 4 is 5.90 Å². The molecule has 0 aliphatic carbocycles. The number of ether oxygens (including phenoxy) is 2. The lowest BCUT2D eigenvalue weighted by molar-refractivity contribution is -0.327. The molecule has 3 heterocycles. The van der Waals surface area contributed by atoms with Gasteiger partial charge >= 0.3 is 0 Å². The molecule has 3 saturated heterocycles. The van der Waals surface area contributed by atoms with Crippen LogP contribution in [0.4, 0.5) is 0 Å². The summed E-state index contributed by atoms with van der Waals surface area (Å²) in [7, 11) is 0. The fourth-order valence-electron chi connectivity index (χ4n) is 4.30. The van der Waals surface area contributed by atoms with Crippen LogP contribution < -0.4 is 0 Å². The molecule has 3 aliphatic heterocycles. The van der Waals surface area contributed by atoms with Gasteiger partial charge in [0.15, 0.2) is 10.8 Å². The summed E-state index contributed by atoms with van der Waals surface area (Å²) in [5, 5.41) is 38.6. The molecule has 0 radical (unpaired) electrons. The number of rotatable bonds is 2. The van der Waals surface area contributed by atoms with Gasteiger partial charge in [-0.2, -0.15) is 15.8 Å². The van der Waals surface area contributed by atoms with E-state index in [0.717, 1.165) is 0 Å². The molecule has 4 rings (SSSR count). The molecule has 0 saturated carbocycles. The summed E-state index contributed by atoms with van der Waals surface area (Å²) >= 11 is 0. The van der Waals surface area contributed by atoms with Gasteiger partial charge < -0.3 is 9.47 Å². The van der Waals surface area contributed by atoms with Gasteiger partial charge in [0.25, 0.3) is 0 Å². The van der Waals surface area contributed by atoms with Crippen molar-refractivity contribution in [3.8, 4) is 18.2 Å². The Morgan fingerprint density at radius 2 is 1.68 bits per heavy atom. The molecule has 1 aromatic carbocycles. The van der Waals surface area contributed by atoms with Gasteiger partial charge in [-0.05, 0) is 11.5 Å². The lowest BCUT2D eigenvalue weighted by Crippen LogP contribution is -2.74. The standard InChI is InChI=1S/C19H18N4O2/c1-12(2)15-19(11-22)16(23)25-17(3,24-15)14(18(19,9-20)10-21)13-7-5-4-6-8-13/h4-8,12,14-15,23H,1-3H3/t14-,15-,17+,19+/m0/s1. The van der Waals surface area contributed by atoms with Gasteiger partial charge in [0.2, 0.25) is 11.7 Å². The number of benzene rings is 1. The molecule has 1 aromatic rings. The van der Waals surface area contributed by atoms with Gasteiger partial charge in [-0.25, -0.2) is 0 Å². The van der Waals surface area contributed by atoms with E-state index < -0.39 is 28.6 Å². The first kappa shape index (κ1) is 17.0. The zero-order valence-electron chi connectivity index (χ0n) is 14.3. The van der Waals surface area contributed by atoms with Gasteiger partial charge in [-0.3, -0.25) is 5.41 Å². The van der Waals surface area contributed by atoms with E-state index in [9.17, 15) is 15.8 Å². The molecule has 126 valence electrons. The molecule has 4 atom stereocenters. The van der Waals surface area contributed by atoms with E-state index in [1.165, 1.54) is 0 Å². The average molecular weight is 334 g/mol. The molecule has 6 heteroatoms. The van der Waals surface area contributed by atoms with Crippen LogP contribution in [0.3, 0.4) is 0 Å². The molecule has 6 nitrogen and oxygen atoms in total. The normalized spacial score (nSPS) is 35.3. The van der Waals surface area contributed by atoms with Crippen LogP contribution in [-0.4, -0.2) is 17.8 Å². The Labute approximate surface area is 146 Å². The number of hydrogen-bond donors (Lipinski definition) is 1. The Morgan fingerprint density at radius 1 is 1.08 bits per heavy atom. The summed E-state index contributed by atoms with van der Waals surface area (Å²) in [6.07, 6.45) is -0.789. The quantitative estimate of drug-likeness (QED) is 0.892. The Morgan fingerprint density at radius 3 is 2.16 bits per heavy atom. The molecule has 0 amide bonds. The molecule has 2 bridgehead atoms. The smallest absolute Gasteiger partial charge is 0.219 e. The van der Waals surface area contributed by atoms with Crippen LogP contribution >= 0.6 is 0 Å². The molecule has 1 N–H and O–H groups in total. The average Bonchev–Trinajstić information content (AvgIpc) is 2.60. The minimum absolute atomic E-state index is 0.180. The zero-order chi connectivity index (χ0) is 18.5. The third-order valence-corrected chi connectivity index (χ3v) is 5.30. The van der Waals surface area contributed by atoms with Crippen molar-refractivity contribution in [2.45, 2.75) is 38.6 Å². The van der Waals surface area contributed by atoms with Gasteiger partial charge in [0, 0.05) is 6.92 Å².